The highest BCUT2D eigenvalue weighted by Crippen LogP contribution is 2.28. The van der Waals surface area contributed by atoms with E-state index in [0.29, 0.717) is 22.2 Å². The molecule has 2 rings (SSSR count). The molecule has 1 heterocycles. The van der Waals surface area contributed by atoms with Gasteiger partial charge >= 0.3 is 0 Å². The first-order valence-corrected chi connectivity index (χ1v) is 8.24. The summed E-state index contributed by atoms with van der Waals surface area (Å²) < 4.78 is 0. The van der Waals surface area contributed by atoms with E-state index in [1.54, 1.807) is 0 Å². The Morgan fingerprint density at radius 3 is 2.59 bits per heavy atom. The van der Waals surface area contributed by atoms with Crippen molar-refractivity contribution in [3.63, 3.8) is 0 Å². The second kappa shape index (κ2) is 7.78. The molecule has 0 saturated carbocycles. The molecule has 5 nitrogen and oxygen atoms in total. The Morgan fingerprint density at radius 2 is 2.05 bits per heavy atom. The van der Waals surface area contributed by atoms with E-state index in [1.807, 2.05) is 43.5 Å². The monoisotopic (exact) mass is 314 g/mol. The van der Waals surface area contributed by atoms with Gasteiger partial charge in [0, 0.05) is 5.56 Å². The van der Waals surface area contributed by atoms with E-state index in [4.69, 9.17) is 0 Å². The molecule has 0 aliphatic carbocycles. The second-order valence-corrected chi connectivity index (χ2v) is 5.47. The molecule has 0 aliphatic heterocycles. The van der Waals surface area contributed by atoms with Crippen LogP contribution in [-0.2, 0) is 0 Å². The fraction of sp³-hybridized carbons (Fsp3) is 0.312. The van der Waals surface area contributed by atoms with Crippen LogP contribution < -0.4 is 5.32 Å². The summed E-state index contributed by atoms with van der Waals surface area (Å²) in [6.07, 6.45) is 2.63. The standard InChI is InChI=1S/C16H18N4OS/c1-3-12(10-21)18-15-13(9-17)14(19-16(20-15)22-2)11-7-5-4-6-8-11/h4-8,12,21H,3,10H2,1-2H3,(H,18,19,20)/t12-/m0/s1. The van der Waals surface area contributed by atoms with Crippen LogP contribution in [0, 0.1) is 11.3 Å². The van der Waals surface area contributed by atoms with Gasteiger partial charge in [0.05, 0.1) is 18.3 Å². The Kier molecular flexibility index (Phi) is 5.75. The molecule has 6 heteroatoms. The molecule has 0 radical (unpaired) electrons. The van der Waals surface area contributed by atoms with Gasteiger partial charge in [-0.3, -0.25) is 0 Å². The van der Waals surface area contributed by atoms with E-state index < -0.39 is 0 Å². The quantitative estimate of drug-likeness (QED) is 0.630. The molecule has 0 fully saturated rings. The number of hydrogen-bond acceptors (Lipinski definition) is 6. The molecule has 0 aliphatic rings. The SMILES string of the molecule is CC[C@@H](CO)Nc1nc(SC)nc(-c2ccccc2)c1C#N. The summed E-state index contributed by atoms with van der Waals surface area (Å²) >= 11 is 1.42. The number of nitrogens with one attached hydrogen (secondary N) is 1. The first kappa shape index (κ1) is 16.3. The largest absolute Gasteiger partial charge is 0.394 e. The van der Waals surface area contributed by atoms with Crippen molar-refractivity contribution in [3.8, 4) is 17.3 Å². The molecule has 22 heavy (non-hydrogen) atoms. The van der Waals surface area contributed by atoms with Gasteiger partial charge in [0.2, 0.25) is 0 Å². The Balaban J connectivity index is 2.56. The Bertz CT molecular complexity index is 666. The van der Waals surface area contributed by atoms with Crippen molar-refractivity contribution in [2.45, 2.75) is 24.5 Å². The van der Waals surface area contributed by atoms with E-state index >= 15 is 0 Å². The van der Waals surface area contributed by atoms with Crippen LogP contribution in [0.25, 0.3) is 11.3 Å². The maximum Gasteiger partial charge on any atom is 0.189 e. The number of nitrogens with zero attached hydrogens (tertiary/aromatic N) is 3. The fourth-order valence-corrected chi connectivity index (χ4v) is 2.38. The zero-order chi connectivity index (χ0) is 15.9. The highest BCUT2D eigenvalue weighted by atomic mass is 32.2. The van der Waals surface area contributed by atoms with Crippen LogP contribution in [0.1, 0.15) is 18.9 Å². The normalized spacial score (nSPS) is 11.7. The molecule has 1 atom stereocenters. The number of rotatable bonds is 6. The third-order valence-electron chi connectivity index (χ3n) is 3.28. The summed E-state index contributed by atoms with van der Waals surface area (Å²) in [7, 11) is 0. The maximum atomic E-state index is 9.54. The Hall–Kier alpha value is -2.10. The van der Waals surface area contributed by atoms with Crippen LogP contribution in [0.3, 0.4) is 0 Å². The zero-order valence-corrected chi connectivity index (χ0v) is 13.4. The summed E-state index contributed by atoms with van der Waals surface area (Å²) in [5, 5.41) is 22.6. The lowest BCUT2D eigenvalue weighted by Crippen LogP contribution is -2.24. The number of thioether (sulfide) groups is 1. The van der Waals surface area contributed by atoms with Crippen molar-refractivity contribution in [2.75, 3.05) is 18.2 Å². The van der Waals surface area contributed by atoms with Crippen LogP contribution in [0.15, 0.2) is 35.5 Å². The third kappa shape index (κ3) is 3.56. The molecule has 1 aromatic carbocycles. The number of anilines is 1. The minimum absolute atomic E-state index is 0.0133. The zero-order valence-electron chi connectivity index (χ0n) is 12.6. The van der Waals surface area contributed by atoms with Crippen LogP contribution >= 0.6 is 11.8 Å². The molecule has 0 bridgehead atoms. The van der Waals surface area contributed by atoms with E-state index in [-0.39, 0.29) is 12.6 Å². The highest BCUT2D eigenvalue weighted by Gasteiger charge is 2.17. The average molecular weight is 314 g/mol. The Labute approximate surface area is 134 Å². The average Bonchev–Trinajstić information content (AvgIpc) is 2.59. The number of aliphatic hydroxyl groups excluding tert-OH is 1. The van der Waals surface area contributed by atoms with Crippen molar-refractivity contribution < 1.29 is 5.11 Å². The topological polar surface area (TPSA) is 81.8 Å². The number of benzene rings is 1. The molecular formula is C16H18N4OS. The predicted molar refractivity (Wildman–Crippen MR) is 88.8 cm³/mol. The van der Waals surface area contributed by atoms with Gasteiger partial charge in [0.25, 0.3) is 0 Å². The molecule has 0 saturated heterocycles. The predicted octanol–water partition coefficient (Wildman–Crippen LogP) is 2.92. The highest BCUT2D eigenvalue weighted by molar-refractivity contribution is 7.98. The van der Waals surface area contributed by atoms with Gasteiger partial charge in [-0.25, -0.2) is 9.97 Å². The molecule has 0 amide bonds. The summed E-state index contributed by atoms with van der Waals surface area (Å²) in [6, 6.07) is 11.6. The van der Waals surface area contributed by atoms with Gasteiger partial charge in [0.1, 0.15) is 17.5 Å². The van der Waals surface area contributed by atoms with E-state index in [9.17, 15) is 10.4 Å². The van der Waals surface area contributed by atoms with E-state index in [0.717, 1.165) is 12.0 Å². The van der Waals surface area contributed by atoms with E-state index in [2.05, 4.69) is 21.4 Å². The molecular weight excluding hydrogens is 296 g/mol. The first-order valence-electron chi connectivity index (χ1n) is 7.02. The molecule has 2 N–H and O–H groups in total. The van der Waals surface area contributed by atoms with Gasteiger partial charge in [-0.1, -0.05) is 49.0 Å². The summed E-state index contributed by atoms with van der Waals surface area (Å²) in [4.78, 5) is 8.87. The molecule has 2 aromatic rings. The van der Waals surface area contributed by atoms with Gasteiger partial charge in [-0.2, -0.15) is 5.26 Å². The van der Waals surface area contributed by atoms with Crippen LogP contribution in [-0.4, -0.2) is 34.0 Å². The lowest BCUT2D eigenvalue weighted by Gasteiger charge is -2.17. The van der Waals surface area contributed by atoms with Crippen molar-refractivity contribution in [3.05, 3.63) is 35.9 Å². The van der Waals surface area contributed by atoms with Crippen molar-refractivity contribution >= 4 is 17.6 Å². The molecule has 114 valence electrons. The summed E-state index contributed by atoms with van der Waals surface area (Å²) in [6.45, 7) is 1.95. The Morgan fingerprint density at radius 1 is 1.32 bits per heavy atom. The number of hydrogen-bond donors (Lipinski definition) is 2. The lowest BCUT2D eigenvalue weighted by molar-refractivity contribution is 0.271. The van der Waals surface area contributed by atoms with Crippen LogP contribution in [0.2, 0.25) is 0 Å². The third-order valence-corrected chi connectivity index (χ3v) is 3.83. The first-order chi connectivity index (χ1) is 10.7. The smallest absolute Gasteiger partial charge is 0.189 e. The molecule has 0 spiro atoms. The van der Waals surface area contributed by atoms with E-state index in [1.165, 1.54) is 11.8 Å². The minimum Gasteiger partial charge on any atom is -0.394 e. The van der Waals surface area contributed by atoms with Crippen LogP contribution in [0.4, 0.5) is 5.82 Å². The van der Waals surface area contributed by atoms with Crippen molar-refractivity contribution in [2.24, 2.45) is 0 Å². The number of aliphatic hydroxyl groups is 1. The van der Waals surface area contributed by atoms with Crippen molar-refractivity contribution in [1.29, 1.82) is 5.26 Å². The maximum absolute atomic E-state index is 9.54. The second-order valence-electron chi connectivity index (χ2n) is 4.69. The number of nitriles is 1. The van der Waals surface area contributed by atoms with Crippen LogP contribution in [0.5, 0.6) is 0 Å². The molecule has 0 unspecified atom stereocenters. The fourth-order valence-electron chi connectivity index (χ4n) is 2.02. The summed E-state index contributed by atoms with van der Waals surface area (Å²) in [5.74, 6) is 0.474. The van der Waals surface area contributed by atoms with Gasteiger partial charge in [0.15, 0.2) is 5.16 Å². The molecule has 1 aromatic heterocycles. The number of aromatic nitrogens is 2. The minimum atomic E-state index is -0.139. The van der Waals surface area contributed by atoms with Crippen molar-refractivity contribution in [1.82, 2.24) is 9.97 Å². The van der Waals surface area contributed by atoms with Gasteiger partial charge in [-0.05, 0) is 12.7 Å². The van der Waals surface area contributed by atoms with Gasteiger partial charge < -0.3 is 10.4 Å². The lowest BCUT2D eigenvalue weighted by atomic mass is 10.1. The van der Waals surface area contributed by atoms with Gasteiger partial charge in [-0.15, -0.1) is 0 Å². The summed E-state index contributed by atoms with van der Waals surface area (Å²) in [5.41, 5.74) is 1.88.